The van der Waals surface area contributed by atoms with Gasteiger partial charge < -0.3 is 38.1 Å². The number of nitrogens with zero attached hydrogens (tertiary/aromatic N) is 1. The Morgan fingerprint density at radius 1 is 0.816 bits per heavy atom. The average molecular weight is 516 g/mol. The smallest absolute Gasteiger partial charge is 0.361 e. The molecule has 1 aliphatic rings. The number of ether oxygens (including phenoxy) is 4. The van der Waals surface area contributed by atoms with Crippen molar-refractivity contribution in [3.63, 3.8) is 0 Å². The van der Waals surface area contributed by atoms with E-state index in [1.165, 1.54) is 20.3 Å². The van der Waals surface area contributed by atoms with Crippen LogP contribution >= 0.6 is 0 Å². The lowest BCUT2D eigenvalue weighted by Gasteiger charge is -2.23. The summed E-state index contributed by atoms with van der Waals surface area (Å²) in [7, 11) is 6.11. The highest BCUT2D eigenvalue weighted by Crippen LogP contribution is 2.49. The van der Waals surface area contributed by atoms with Crippen LogP contribution in [0.2, 0.25) is 0 Å². The molecule has 5 aromatic rings. The van der Waals surface area contributed by atoms with E-state index >= 15 is 0 Å². The molecule has 38 heavy (non-hydrogen) atoms. The Labute approximate surface area is 217 Å². The molecule has 0 unspecified atom stereocenters. The topological polar surface area (TPSA) is 113 Å². The van der Waals surface area contributed by atoms with Gasteiger partial charge in [-0.3, -0.25) is 0 Å². The van der Waals surface area contributed by atoms with Crippen molar-refractivity contribution < 1.29 is 33.6 Å². The number of hydrogen-bond donors (Lipinski definition) is 2. The second kappa shape index (κ2) is 8.65. The molecular weight excluding hydrogens is 490 g/mol. The third kappa shape index (κ3) is 3.28. The van der Waals surface area contributed by atoms with Crippen LogP contribution in [0.4, 0.5) is 0 Å². The highest BCUT2D eigenvalue weighted by molar-refractivity contribution is 6.17. The Hall–Kier alpha value is -4.79. The van der Waals surface area contributed by atoms with Gasteiger partial charge in [-0.2, -0.15) is 0 Å². The maximum atomic E-state index is 13.5. The van der Waals surface area contributed by atoms with Gasteiger partial charge in [-0.25, -0.2) is 4.79 Å². The molecule has 0 amide bonds. The van der Waals surface area contributed by atoms with Crippen molar-refractivity contribution in [2.75, 3.05) is 28.4 Å². The van der Waals surface area contributed by atoms with Crippen molar-refractivity contribution in [1.29, 1.82) is 0 Å². The van der Waals surface area contributed by atoms with Crippen molar-refractivity contribution in [3.05, 3.63) is 58.4 Å². The molecule has 0 atom stereocenters. The summed E-state index contributed by atoms with van der Waals surface area (Å²) in [6, 6.07) is 12.0. The van der Waals surface area contributed by atoms with E-state index in [9.17, 15) is 15.0 Å². The summed E-state index contributed by atoms with van der Waals surface area (Å²) in [5.41, 5.74) is 4.13. The van der Waals surface area contributed by atoms with Gasteiger partial charge >= 0.3 is 5.63 Å². The number of hydrogen-bond acceptors (Lipinski definition) is 8. The molecule has 0 saturated carbocycles. The molecule has 0 aliphatic carbocycles. The third-order valence-corrected chi connectivity index (χ3v) is 7.15. The second-order valence-corrected chi connectivity index (χ2v) is 9.01. The van der Waals surface area contributed by atoms with Crippen molar-refractivity contribution in [1.82, 2.24) is 4.57 Å². The lowest BCUT2D eigenvalue weighted by Crippen LogP contribution is -2.14. The van der Waals surface area contributed by atoms with Gasteiger partial charge in [-0.05, 0) is 47.9 Å². The van der Waals surface area contributed by atoms with Crippen molar-refractivity contribution in [2.24, 2.45) is 0 Å². The molecular formula is C29H25NO8. The van der Waals surface area contributed by atoms with Crippen LogP contribution in [-0.2, 0) is 13.0 Å². The zero-order valence-corrected chi connectivity index (χ0v) is 21.2. The second-order valence-electron chi connectivity index (χ2n) is 9.01. The van der Waals surface area contributed by atoms with Crippen LogP contribution < -0.4 is 24.6 Å². The van der Waals surface area contributed by atoms with Crippen LogP contribution in [0.1, 0.15) is 5.56 Å². The van der Waals surface area contributed by atoms with Crippen LogP contribution in [0.15, 0.2) is 51.7 Å². The summed E-state index contributed by atoms with van der Waals surface area (Å²) in [5, 5.41) is 22.3. The summed E-state index contributed by atoms with van der Waals surface area (Å²) < 4.78 is 29.4. The van der Waals surface area contributed by atoms with Crippen LogP contribution in [-0.4, -0.2) is 43.2 Å². The monoisotopic (exact) mass is 515 g/mol. The lowest BCUT2D eigenvalue weighted by molar-refractivity contribution is 0.354. The van der Waals surface area contributed by atoms with E-state index in [1.807, 2.05) is 22.8 Å². The number of aromatic nitrogens is 1. The molecule has 9 nitrogen and oxygen atoms in total. The van der Waals surface area contributed by atoms with Gasteiger partial charge in [0, 0.05) is 34.5 Å². The number of methoxy groups -OCH3 is 4. The van der Waals surface area contributed by atoms with Crippen molar-refractivity contribution in [3.8, 4) is 56.9 Å². The SMILES string of the molecule is COc1ccc(-c2c3n(c4c(=O)oc5cc(O)c(OC)cc5c24)CCc2cc(OC)c(OC)cc2-3)cc1O. The number of aryl methyl sites for hydroxylation is 2. The Bertz CT molecular complexity index is 1810. The maximum absolute atomic E-state index is 13.5. The number of benzene rings is 3. The number of phenols is 2. The Balaban J connectivity index is 1.83. The summed E-state index contributed by atoms with van der Waals surface area (Å²) in [6.45, 7) is 0.516. The van der Waals surface area contributed by atoms with E-state index in [4.69, 9.17) is 23.4 Å². The Kier molecular flexibility index (Phi) is 5.37. The van der Waals surface area contributed by atoms with Crippen LogP contribution in [0.3, 0.4) is 0 Å². The van der Waals surface area contributed by atoms with E-state index in [-0.39, 0.29) is 22.8 Å². The number of aromatic hydroxyl groups is 2. The number of fused-ring (bicyclic) bond motifs is 7. The molecule has 194 valence electrons. The summed E-state index contributed by atoms with van der Waals surface area (Å²) in [4.78, 5) is 13.5. The van der Waals surface area contributed by atoms with E-state index in [0.717, 1.165) is 22.4 Å². The van der Waals surface area contributed by atoms with Crippen LogP contribution in [0.25, 0.3) is 44.3 Å². The highest BCUT2D eigenvalue weighted by Gasteiger charge is 2.30. The van der Waals surface area contributed by atoms with E-state index in [0.29, 0.717) is 52.1 Å². The van der Waals surface area contributed by atoms with Crippen molar-refractivity contribution in [2.45, 2.75) is 13.0 Å². The zero-order chi connectivity index (χ0) is 26.7. The van der Waals surface area contributed by atoms with Crippen LogP contribution in [0.5, 0.6) is 34.5 Å². The Morgan fingerprint density at radius 3 is 2.18 bits per heavy atom. The fourth-order valence-electron chi connectivity index (χ4n) is 5.44. The quantitative estimate of drug-likeness (QED) is 0.312. The molecule has 0 bridgehead atoms. The predicted octanol–water partition coefficient (Wildman–Crippen LogP) is 5.08. The first-order valence-electron chi connectivity index (χ1n) is 11.9. The third-order valence-electron chi connectivity index (χ3n) is 7.15. The largest absolute Gasteiger partial charge is 0.504 e. The molecule has 3 heterocycles. The molecule has 6 rings (SSSR count). The van der Waals surface area contributed by atoms with Gasteiger partial charge in [0.1, 0.15) is 11.1 Å². The van der Waals surface area contributed by atoms with Gasteiger partial charge in [0.15, 0.2) is 34.5 Å². The van der Waals surface area contributed by atoms with Gasteiger partial charge in [-0.15, -0.1) is 0 Å². The first-order chi connectivity index (χ1) is 18.4. The fraction of sp³-hybridized carbons (Fsp3) is 0.207. The standard InChI is InChI=1S/C29H25NO8/c1-34-20-6-5-15(9-18(20)31)25-26-17-12-22(35-2)19(32)13-21(17)38-29(33)28(26)30-8-7-14-10-23(36-3)24(37-4)11-16(14)27(25)30/h5-6,9-13,31-32H,7-8H2,1-4H3. The molecule has 2 N–H and O–H groups in total. The molecule has 1 aliphatic heterocycles. The number of phenolic OH excluding ortho intramolecular Hbond substituents is 2. The van der Waals surface area contributed by atoms with Gasteiger partial charge in [0.05, 0.1) is 34.1 Å². The molecule has 2 aromatic heterocycles. The first kappa shape index (κ1) is 23.6. The summed E-state index contributed by atoms with van der Waals surface area (Å²) in [6.07, 6.45) is 0.649. The fourth-order valence-corrected chi connectivity index (χ4v) is 5.44. The van der Waals surface area contributed by atoms with Gasteiger partial charge in [-0.1, -0.05) is 6.07 Å². The van der Waals surface area contributed by atoms with Gasteiger partial charge in [0.2, 0.25) is 0 Å². The molecule has 0 fully saturated rings. The van der Waals surface area contributed by atoms with E-state index in [2.05, 4.69) is 0 Å². The molecule has 3 aromatic carbocycles. The average Bonchev–Trinajstić information content (AvgIpc) is 3.28. The summed E-state index contributed by atoms with van der Waals surface area (Å²) in [5.74, 6) is 1.56. The minimum atomic E-state index is -0.536. The maximum Gasteiger partial charge on any atom is 0.361 e. The molecule has 9 heteroatoms. The van der Waals surface area contributed by atoms with Crippen molar-refractivity contribution >= 4 is 21.9 Å². The highest BCUT2D eigenvalue weighted by atomic mass is 16.5. The number of rotatable bonds is 5. The molecule has 0 radical (unpaired) electrons. The normalized spacial score (nSPS) is 12.3. The van der Waals surface area contributed by atoms with Gasteiger partial charge in [0.25, 0.3) is 0 Å². The lowest BCUT2D eigenvalue weighted by atomic mass is 9.91. The molecule has 0 saturated heterocycles. The first-order valence-corrected chi connectivity index (χ1v) is 11.9. The van der Waals surface area contributed by atoms with Crippen LogP contribution in [0, 0.1) is 0 Å². The van der Waals surface area contributed by atoms with E-state index < -0.39 is 5.63 Å². The minimum Gasteiger partial charge on any atom is -0.504 e. The minimum absolute atomic E-state index is 0.0380. The molecule has 0 spiro atoms. The Morgan fingerprint density at radius 2 is 1.50 bits per heavy atom. The zero-order valence-electron chi connectivity index (χ0n) is 21.2. The predicted molar refractivity (Wildman–Crippen MR) is 142 cm³/mol. The van der Waals surface area contributed by atoms with E-state index in [1.54, 1.807) is 32.4 Å². The summed E-state index contributed by atoms with van der Waals surface area (Å²) >= 11 is 0.